The average Bonchev–Trinajstić information content (AvgIpc) is 3.59. The largest absolute Gasteiger partial charge is 0.394 e. The Hall–Kier alpha value is -2.84. The van der Waals surface area contributed by atoms with Crippen molar-refractivity contribution in [3.8, 4) is 0 Å². The number of nitrogens with one attached hydrogen (secondary N) is 2. The second-order valence-electron chi connectivity index (χ2n) is 10.8. The number of nitrogens with zero attached hydrogens (tertiary/aromatic N) is 1. The molecular weight excluding hydrogens is 498 g/mol. The van der Waals surface area contributed by atoms with Crippen molar-refractivity contribution >= 4 is 29.5 Å². The van der Waals surface area contributed by atoms with Gasteiger partial charge in [-0.15, -0.1) is 11.8 Å². The molecule has 2 aromatic rings. The van der Waals surface area contributed by atoms with Crippen LogP contribution in [0.1, 0.15) is 44.2 Å². The fraction of sp³-hybridized carbons (Fsp3) is 0.500. The zero-order valence-electron chi connectivity index (χ0n) is 22.0. The first-order chi connectivity index (χ1) is 18.4. The molecule has 0 aliphatic carbocycles. The van der Waals surface area contributed by atoms with Crippen molar-refractivity contribution in [3.05, 3.63) is 71.8 Å². The first-order valence-corrected chi connectivity index (χ1v) is 14.5. The minimum absolute atomic E-state index is 0.00229. The highest BCUT2D eigenvalue weighted by Crippen LogP contribution is 2.66. The van der Waals surface area contributed by atoms with Gasteiger partial charge >= 0.3 is 0 Å². The summed E-state index contributed by atoms with van der Waals surface area (Å²) in [6.45, 7) is 4.58. The molecule has 2 bridgehead atoms. The Bertz CT molecular complexity index is 1160. The molecule has 3 fully saturated rings. The molecule has 3 aliphatic rings. The molecule has 3 aliphatic heterocycles. The Labute approximate surface area is 228 Å². The number of aliphatic hydroxyl groups is 1. The number of hydrogen-bond acceptors (Lipinski definition) is 5. The number of amides is 3. The normalized spacial score (nSPS) is 29.1. The molecule has 7 nitrogen and oxygen atoms in total. The lowest BCUT2D eigenvalue weighted by Gasteiger charge is -2.39. The van der Waals surface area contributed by atoms with Crippen LogP contribution in [0.15, 0.2) is 60.7 Å². The molecule has 38 heavy (non-hydrogen) atoms. The summed E-state index contributed by atoms with van der Waals surface area (Å²) in [7, 11) is 0. The maximum Gasteiger partial charge on any atom is 0.244 e. The molecular formula is C30H37N3O4S. The monoisotopic (exact) mass is 535 g/mol. The van der Waals surface area contributed by atoms with Crippen molar-refractivity contribution in [2.45, 2.75) is 68.3 Å². The van der Waals surface area contributed by atoms with Crippen molar-refractivity contribution in [3.63, 3.8) is 0 Å². The van der Waals surface area contributed by atoms with Gasteiger partial charge in [0.15, 0.2) is 0 Å². The second-order valence-corrected chi connectivity index (χ2v) is 12.4. The van der Waals surface area contributed by atoms with Crippen LogP contribution in [-0.4, -0.2) is 56.4 Å². The van der Waals surface area contributed by atoms with E-state index in [-0.39, 0.29) is 35.5 Å². The number of likely N-dealkylation sites (tertiary alicyclic amines) is 1. The van der Waals surface area contributed by atoms with Gasteiger partial charge in [-0.3, -0.25) is 14.4 Å². The SMILES string of the molecule is CC[C@H](C)[C@H](CO)N1C(=O)[C@@H]2[C@@H](C(=O)NCc3ccccc3)[C@H]3CCC2(S3)C1C(=O)NCc1ccccc1. The number of hydrogen-bond donors (Lipinski definition) is 3. The molecule has 202 valence electrons. The summed E-state index contributed by atoms with van der Waals surface area (Å²) in [6, 6.07) is 18.2. The van der Waals surface area contributed by atoms with E-state index in [0.717, 1.165) is 24.0 Å². The van der Waals surface area contributed by atoms with Gasteiger partial charge in [-0.25, -0.2) is 0 Å². The summed E-state index contributed by atoms with van der Waals surface area (Å²) in [5.74, 6) is -1.55. The highest BCUT2D eigenvalue weighted by Gasteiger charge is 2.74. The molecule has 0 saturated carbocycles. The first kappa shape index (κ1) is 26.8. The van der Waals surface area contributed by atoms with Gasteiger partial charge in [0, 0.05) is 18.3 Å². The quantitative estimate of drug-likeness (QED) is 0.434. The van der Waals surface area contributed by atoms with Gasteiger partial charge in [-0.05, 0) is 29.9 Å². The number of rotatable bonds is 10. The number of aliphatic hydroxyl groups excluding tert-OH is 1. The number of benzene rings is 2. The highest BCUT2D eigenvalue weighted by molar-refractivity contribution is 8.02. The minimum Gasteiger partial charge on any atom is -0.394 e. The van der Waals surface area contributed by atoms with Gasteiger partial charge in [0.05, 0.1) is 29.2 Å². The Morgan fingerprint density at radius 1 is 1.03 bits per heavy atom. The maximum absolute atomic E-state index is 14.2. The predicted molar refractivity (Wildman–Crippen MR) is 148 cm³/mol. The van der Waals surface area contributed by atoms with E-state index in [1.807, 2.05) is 74.5 Å². The lowest BCUT2D eigenvalue weighted by atomic mass is 9.70. The van der Waals surface area contributed by atoms with Crippen LogP contribution in [0.3, 0.4) is 0 Å². The summed E-state index contributed by atoms with van der Waals surface area (Å²) in [5.41, 5.74) is 1.98. The molecule has 1 spiro atoms. The molecule has 2 unspecified atom stereocenters. The van der Waals surface area contributed by atoms with E-state index in [4.69, 9.17) is 0 Å². The first-order valence-electron chi connectivity index (χ1n) is 13.7. The Kier molecular flexibility index (Phi) is 7.82. The van der Waals surface area contributed by atoms with Gasteiger partial charge in [-0.2, -0.15) is 0 Å². The van der Waals surface area contributed by atoms with E-state index in [2.05, 4.69) is 10.6 Å². The van der Waals surface area contributed by atoms with Gasteiger partial charge in [0.25, 0.3) is 0 Å². The third-order valence-corrected chi connectivity index (χ3v) is 10.7. The van der Waals surface area contributed by atoms with Crippen LogP contribution in [0.2, 0.25) is 0 Å². The second kappa shape index (κ2) is 11.1. The van der Waals surface area contributed by atoms with E-state index < -0.39 is 28.7 Å². The Morgan fingerprint density at radius 2 is 1.61 bits per heavy atom. The van der Waals surface area contributed by atoms with Gasteiger partial charge in [0.1, 0.15) is 6.04 Å². The van der Waals surface area contributed by atoms with Crippen LogP contribution in [0.4, 0.5) is 0 Å². The molecule has 3 N–H and O–H groups in total. The topological polar surface area (TPSA) is 98.7 Å². The van der Waals surface area contributed by atoms with E-state index in [0.29, 0.717) is 19.5 Å². The van der Waals surface area contributed by atoms with E-state index in [1.165, 1.54) is 0 Å². The summed E-state index contributed by atoms with van der Waals surface area (Å²) >= 11 is 1.65. The standard InChI is InChI=1S/C30H37N3O4S/c1-3-19(2)22(18-34)33-26(28(36)32-17-21-12-8-5-9-13-21)30-15-14-23(38-30)24(25(30)29(33)37)27(35)31-16-20-10-6-4-7-11-20/h4-13,19,22-26,34H,3,14-18H2,1-2H3,(H,31,35)(H,32,36)/t19-,22-,23+,24-,25-,26?,30?/m0/s1. The predicted octanol–water partition coefficient (Wildman–Crippen LogP) is 3.12. The van der Waals surface area contributed by atoms with E-state index in [9.17, 15) is 19.5 Å². The number of carbonyl (C=O) groups is 3. The fourth-order valence-electron chi connectivity index (χ4n) is 6.65. The average molecular weight is 536 g/mol. The molecule has 3 saturated heterocycles. The molecule has 0 radical (unpaired) electrons. The number of fused-ring (bicyclic) bond motifs is 1. The molecule has 7 atom stereocenters. The van der Waals surface area contributed by atoms with Crippen LogP contribution in [0.25, 0.3) is 0 Å². The van der Waals surface area contributed by atoms with Crippen LogP contribution >= 0.6 is 11.8 Å². The minimum atomic E-state index is -0.725. The van der Waals surface area contributed by atoms with Crippen molar-refractivity contribution in [1.29, 1.82) is 0 Å². The van der Waals surface area contributed by atoms with E-state index >= 15 is 0 Å². The zero-order valence-corrected chi connectivity index (χ0v) is 22.8. The van der Waals surface area contributed by atoms with Crippen molar-refractivity contribution < 1.29 is 19.5 Å². The molecule has 5 rings (SSSR count). The fourth-order valence-corrected chi connectivity index (χ4v) is 8.85. The zero-order chi connectivity index (χ0) is 26.9. The van der Waals surface area contributed by atoms with Crippen molar-refractivity contribution in [2.75, 3.05) is 6.61 Å². The summed E-state index contributed by atoms with van der Waals surface area (Å²) in [6.07, 6.45) is 2.27. The van der Waals surface area contributed by atoms with Crippen LogP contribution in [-0.2, 0) is 27.5 Å². The lowest BCUT2D eigenvalue weighted by molar-refractivity contribution is -0.144. The van der Waals surface area contributed by atoms with Crippen LogP contribution < -0.4 is 10.6 Å². The molecule has 0 aromatic heterocycles. The summed E-state index contributed by atoms with van der Waals surface area (Å²) in [5, 5.41) is 16.6. The summed E-state index contributed by atoms with van der Waals surface area (Å²) < 4.78 is -0.668. The van der Waals surface area contributed by atoms with Crippen LogP contribution in [0, 0.1) is 17.8 Å². The van der Waals surface area contributed by atoms with Crippen LogP contribution in [0.5, 0.6) is 0 Å². The lowest BCUT2D eigenvalue weighted by Crippen LogP contribution is -2.57. The third kappa shape index (κ3) is 4.62. The Morgan fingerprint density at radius 3 is 2.16 bits per heavy atom. The van der Waals surface area contributed by atoms with Crippen molar-refractivity contribution in [2.24, 2.45) is 17.8 Å². The van der Waals surface area contributed by atoms with Gasteiger partial charge < -0.3 is 20.6 Å². The highest BCUT2D eigenvalue weighted by atomic mass is 32.2. The Balaban J connectivity index is 1.44. The van der Waals surface area contributed by atoms with E-state index in [1.54, 1.807) is 16.7 Å². The molecule has 8 heteroatoms. The number of carbonyl (C=O) groups excluding carboxylic acids is 3. The summed E-state index contributed by atoms with van der Waals surface area (Å²) in [4.78, 5) is 43.4. The molecule has 3 heterocycles. The smallest absolute Gasteiger partial charge is 0.244 e. The van der Waals surface area contributed by atoms with Gasteiger partial charge in [0.2, 0.25) is 17.7 Å². The molecule has 2 aromatic carbocycles. The third-order valence-electron chi connectivity index (χ3n) is 8.75. The molecule has 3 amide bonds. The number of thioether (sulfide) groups is 1. The maximum atomic E-state index is 14.2. The van der Waals surface area contributed by atoms with Gasteiger partial charge in [-0.1, -0.05) is 80.9 Å². The van der Waals surface area contributed by atoms with Crippen molar-refractivity contribution in [1.82, 2.24) is 15.5 Å².